The van der Waals surface area contributed by atoms with E-state index in [1.807, 2.05) is 13.8 Å². The summed E-state index contributed by atoms with van der Waals surface area (Å²) in [6, 6.07) is 2.04. The standard InChI is InChI=1S/C11H13BrF2N2O/c1-6(2)16-11(17)5-15-10-3-7(12)8(13)4-9(10)14/h3-4,6,15H,5H2,1-2H3,(H,16,17). The van der Waals surface area contributed by atoms with Crippen LogP contribution in [0.2, 0.25) is 0 Å². The van der Waals surface area contributed by atoms with Gasteiger partial charge in [0.25, 0.3) is 0 Å². The van der Waals surface area contributed by atoms with Crippen molar-refractivity contribution in [3.05, 3.63) is 28.2 Å². The molecule has 0 heterocycles. The van der Waals surface area contributed by atoms with Crippen LogP contribution in [0.5, 0.6) is 0 Å². The maximum atomic E-state index is 13.3. The number of amides is 1. The summed E-state index contributed by atoms with van der Waals surface area (Å²) in [5.74, 6) is -1.66. The minimum atomic E-state index is -0.733. The van der Waals surface area contributed by atoms with Crippen LogP contribution in [-0.4, -0.2) is 18.5 Å². The van der Waals surface area contributed by atoms with E-state index in [1.54, 1.807) is 0 Å². The van der Waals surface area contributed by atoms with Crippen LogP contribution in [0, 0.1) is 11.6 Å². The molecule has 0 aliphatic carbocycles. The lowest BCUT2D eigenvalue weighted by Gasteiger charge is -2.11. The lowest BCUT2D eigenvalue weighted by molar-refractivity contribution is -0.119. The fourth-order valence-electron chi connectivity index (χ4n) is 1.21. The van der Waals surface area contributed by atoms with Crippen LogP contribution in [-0.2, 0) is 4.79 Å². The van der Waals surface area contributed by atoms with E-state index in [2.05, 4.69) is 26.6 Å². The van der Waals surface area contributed by atoms with Crippen molar-refractivity contribution in [3.63, 3.8) is 0 Å². The number of hydrogen-bond acceptors (Lipinski definition) is 2. The predicted molar refractivity (Wildman–Crippen MR) is 65.8 cm³/mol. The number of rotatable bonds is 4. The summed E-state index contributed by atoms with van der Waals surface area (Å²) >= 11 is 2.95. The Morgan fingerprint density at radius 2 is 2.00 bits per heavy atom. The number of nitrogens with one attached hydrogen (secondary N) is 2. The molecule has 0 atom stereocenters. The summed E-state index contributed by atoms with van der Waals surface area (Å²) in [6.45, 7) is 3.59. The second-order valence-electron chi connectivity index (χ2n) is 3.82. The molecule has 1 aromatic carbocycles. The van der Waals surface area contributed by atoms with Crippen LogP contribution in [0.15, 0.2) is 16.6 Å². The molecule has 0 radical (unpaired) electrons. The molecule has 3 nitrogen and oxygen atoms in total. The molecule has 0 aromatic heterocycles. The highest BCUT2D eigenvalue weighted by Gasteiger charge is 2.09. The predicted octanol–water partition coefficient (Wildman–Crippen LogP) is 2.66. The Kier molecular flexibility index (Phi) is 4.86. The average molecular weight is 307 g/mol. The van der Waals surface area contributed by atoms with Crippen molar-refractivity contribution < 1.29 is 13.6 Å². The Labute approximate surface area is 107 Å². The van der Waals surface area contributed by atoms with Crippen LogP contribution in [0.25, 0.3) is 0 Å². The third-order valence-corrected chi connectivity index (χ3v) is 2.51. The van der Waals surface area contributed by atoms with Gasteiger partial charge in [0, 0.05) is 12.1 Å². The molecule has 1 amide bonds. The third-order valence-electron chi connectivity index (χ3n) is 1.90. The number of hydrogen-bond donors (Lipinski definition) is 2. The van der Waals surface area contributed by atoms with E-state index in [1.165, 1.54) is 6.07 Å². The Hall–Kier alpha value is -1.17. The number of halogens is 3. The molecule has 0 aliphatic heterocycles. The van der Waals surface area contributed by atoms with E-state index in [9.17, 15) is 13.6 Å². The van der Waals surface area contributed by atoms with Gasteiger partial charge in [0.15, 0.2) is 0 Å². The van der Waals surface area contributed by atoms with E-state index in [0.717, 1.165) is 6.07 Å². The Morgan fingerprint density at radius 1 is 1.35 bits per heavy atom. The molecule has 0 aliphatic rings. The van der Waals surface area contributed by atoms with Crippen molar-refractivity contribution in [1.29, 1.82) is 0 Å². The molecule has 0 saturated heterocycles. The van der Waals surface area contributed by atoms with Crippen LogP contribution in [0.3, 0.4) is 0 Å². The van der Waals surface area contributed by atoms with Crippen molar-refractivity contribution in [2.75, 3.05) is 11.9 Å². The SMILES string of the molecule is CC(C)NC(=O)CNc1cc(Br)c(F)cc1F. The molecule has 1 rings (SSSR count). The zero-order valence-corrected chi connectivity index (χ0v) is 11.1. The summed E-state index contributed by atoms with van der Waals surface area (Å²) in [4.78, 5) is 11.3. The number of carbonyl (C=O) groups is 1. The normalized spacial score (nSPS) is 10.5. The lowest BCUT2D eigenvalue weighted by atomic mass is 10.3. The molecule has 0 unspecified atom stereocenters. The highest BCUT2D eigenvalue weighted by molar-refractivity contribution is 9.10. The van der Waals surface area contributed by atoms with Gasteiger partial charge in [-0.25, -0.2) is 8.78 Å². The molecule has 0 spiro atoms. The monoisotopic (exact) mass is 306 g/mol. The van der Waals surface area contributed by atoms with E-state index in [4.69, 9.17) is 0 Å². The first-order chi connectivity index (χ1) is 7.90. The lowest BCUT2D eigenvalue weighted by Crippen LogP contribution is -2.34. The number of carbonyl (C=O) groups excluding carboxylic acids is 1. The minimum Gasteiger partial charge on any atom is -0.374 e. The molecular weight excluding hydrogens is 294 g/mol. The topological polar surface area (TPSA) is 41.1 Å². The first-order valence-corrected chi connectivity index (χ1v) is 5.87. The van der Waals surface area contributed by atoms with E-state index in [0.29, 0.717) is 0 Å². The van der Waals surface area contributed by atoms with E-state index >= 15 is 0 Å². The molecule has 0 saturated carbocycles. The smallest absolute Gasteiger partial charge is 0.239 e. The zero-order chi connectivity index (χ0) is 13.0. The minimum absolute atomic E-state index is 0.0223. The van der Waals surface area contributed by atoms with Gasteiger partial charge in [-0.3, -0.25) is 4.79 Å². The second kappa shape index (κ2) is 5.95. The van der Waals surface area contributed by atoms with Crippen molar-refractivity contribution in [2.24, 2.45) is 0 Å². The molecule has 94 valence electrons. The molecule has 2 N–H and O–H groups in total. The van der Waals surface area contributed by atoms with Crippen LogP contribution < -0.4 is 10.6 Å². The fourth-order valence-corrected chi connectivity index (χ4v) is 1.55. The van der Waals surface area contributed by atoms with Gasteiger partial charge in [0.1, 0.15) is 11.6 Å². The Bertz CT molecular complexity index is 424. The van der Waals surface area contributed by atoms with Gasteiger partial charge < -0.3 is 10.6 Å². The van der Waals surface area contributed by atoms with Crippen LogP contribution in [0.1, 0.15) is 13.8 Å². The van der Waals surface area contributed by atoms with Gasteiger partial charge >= 0.3 is 0 Å². The quantitative estimate of drug-likeness (QED) is 0.840. The second-order valence-corrected chi connectivity index (χ2v) is 4.68. The Morgan fingerprint density at radius 3 is 2.59 bits per heavy atom. The van der Waals surface area contributed by atoms with Gasteiger partial charge in [-0.15, -0.1) is 0 Å². The number of anilines is 1. The molecular formula is C11H13BrF2N2O. The first-order valence-electron chi connectivity index (χ1n) is 5.08. The van der Waals surface area contributed by atoms with Gasteiger partial charge in [-0.05, 0) is 35.8 Å². The molecule has 0 bridgehead atoms. The molecule has 1 aromatic rings. The van der Waals surface area contributed by atoms with Gasteiger partial charge in [-0.2, -0.15) is 0 Å². The molecule has 6 heteroatoms. The van der Waals surface area contributed by atoms with E-state index in [-0.39, 0.29) is 28.7 Å². The highest BCUT2D eigenvalue weighted by Crippen LogP contribution is 2.23. The molecule has 0 fully saturated rings. The van der Waals surface area contributed by atoms with Crippen molar-refractivity contribution in [2.45, 2.75) is 19.9 Å². The zero-order valence-electron chi connectivity index (χ0n) is 9.48. The van der Waals surface area contributed by atoms with Gasteiger partial charge in [-0.1, -0.05) is 0 Å². The van der Waals surface area contributed by atoms with Gasteiger partial charge in [0.2, 0.25) is 5.91 Å². The highest BCUT2D eigenvalue weighted by atomic mass is 79.9. The summed E-state index contributed by atoms with van der Waals surface area (Å²) < 4.78 is 26.4. The third kappa shape index (κ3) is 4.30. The summed E-state index contributed by atoms with van der Waals surface area (Å²) in [5, 5.41) is 5.25. The summed E-state index contributed by atoms with van der Waals surface area (Å²) in [6.07, 6.45) is 0. The number of benzene rings is 1. The van der Waals surface area contributed by atoms with Crippen molar-refractivity contribution >= 4 is 27.5 Å². The van der Waals surface area contributed by atoms with Crippen molar-refractivity contribution in [1.82, 2.24) is 5.32 Å². The van der Waals surface area contributed by atoms with Crippen LogP contribution in [0.4, 0.5) is 14.5 Å². The van der Waals surface area contributed by atoms with Crippen molar-refractivity contribution in [3.8, 4) is 0 Å². The molecule has 17 heavy (non-hydrogen) atoms. The Balaban J connectivity index is 2.63. The van der Waals surface area contributed by atoms with E-state index < -0.39 is 11.6 Å². The van der Waals surface area contributed by atoms with Crippen LogP contribution >= 0.6 is 15.9 Å². The van der Waals surface area contributed by atoms with Gasteiger partial charge in [0.05, 0.1) is 16.7 Å². The maximum absolute atomic E-state index is 13.3. The first kappa shape index (κ1) is 13.9. The fraction of sp³-hybridized carbons (Fsp3) is 0.364. The largest absolute Gasteiger partial charge is 0.374 e. The summed E-state index contributed by atoms with van der Waals surface area (Å²) in [7, 11) is 0. The maximum Gasteiger partial charge on any atom is 0.239 e. The average Bonchev–Trinajstić information content (AvgIpc) is 2.20. The summed E-state index contributed by atoms with van der Waals surface area (Å²) in [5.41, 5.74) is 0.0807.